The Labute approximate surface area is 216 Å². The Kier molecular flexibility index (Phi) is 10.2. The molecule has 4 aromatic rings. The molecule has 188 valence electrons. The number of imidazole rings is 1. The fraction of sp³-hybridized carbons (Fsp3) is 0.419. The lowest BCUT2D eigenvalue weighted by Crippen LogP contribution is -2.31. The molecule has 0 amide bonds. The van der Waals surface area contributed by atoms with Crippen molar-refractivity contribution in [2.75, 3.05) is 0 Å². The number of hydrogen-bond donors (Lipinski definition) is 0. The first kappa shape index (κ1) is 25.7. The van der Waals surface area contributed by atoms with E-state index in [2.05, 4.69) is 56.9 Å². The maximum atomic E-state index is 4.87. The van der Waals surface area contributed by atoms with E-state index in [0.29, 0.717) is 0 Å². The van der Waals surface area contributed by atoms with E-state index in [4.69, 9.17) is 4.98 Å². The van der Waals surface area contributed by atoms with Crippen molar-refractivity contribution < 1.29 is 4.57 Å². The van der Waals surface area contributed by atoms with Crippen molar-refractivity contribution in [3.63, 3.8) is 0 Å². The minimum Gasteiger partial charge on any atom is -0.255 e. The summed E-state index contributed by atoms with van der Waals surface area (Å²) in [6.45, 7) is 4.15. The zero-order valence-corrected chi connectivity index (χ0v) is 21.7. The third-order valence-corrected chi connectivity index (χ3v) is 6.62. The zero-order chi connectivity index (χ0) is 24.8. The Morgan fingerprint density at radius 3 is 1.83 bits per heavy atom. The normalized spacial score (nSPS) is 11.1. The van der Waals surface area contributed by atoms with E-state index in [1.807, 2.05) is 48.8 Å². The van der Waals surface area contributed by atoms with Gasteiger partial charge in [0.05, 0.1) is 29.3 Å². The minimum absolute atomic E-state index is 0.785. The van der Waals surface area contributed by atoms with Gasteiger partial charge < -0.3 is 0 Å². The van der Waals surface area contributed by atoms with Gasteiger partial charge in [-0.1, -0.05) is 70.4 Å². The van der Waals surface area contributed by atoms with Gasteiger partial charge in [-0.2, -0.15) is 0 Å². The van der Waals surface area contributed by atoms with Crippen LogP contribution in [-0.4, -0.2) is 19.5 Å². The Hall–Kier alpha value is -3.34. The molecule has 0 saturated heterocycles. The SMILES string of the molecule is CCCCCCCCCCCCn1cc[n+](Cc2cc(-c3ccccn3)nc(-c3ccccn3)c2)c1. The van der Waals surface area contributed by atoms with Gasteiger partial charge in [-0.15, -0.1) is 0 Å². The van der Waals surface area contributed by atoms with Crippen LogP contribution in [0.1, 0.15) is 76.7 Å². The number of aryl methyl sites for hydroxylation is 1. The van der Waals surface area contributed by atoms with E-state index in [0.717, 1.165) is 35.9 Å². The van der Waals surface area contributed by atoms with Crippen LogP contribution in [0, 0.1) is 0 Å². The molecule has 0 aliphatic heterocycles. The van der Waals surface area contributed by atoms with Crippen molar-refractivity contribution >= 4 is 0 Å². The second-order valence-electron chi connectivity index (χ2n) is 9.68. The second kappa shape index (κ2) is 14.3. The number of unbranched alkanes of at least 4 members (excludes halogenated alkanes) is 9. The standard InChI is InChI=1S/C31H40N5/c1-2-3-4-5-6-7-8-9-10-15-20-35-21-22-36(26-35)25-27-23-30(28-16-11-13-18-32-28)34-31(24-27)29-17-12-14-19-33-29/h11-14,16-19,21-24,26H,2-10,15,20,25H2,1H3/q+1. The number of aromatic nitrogens is 5. The summed E-state index contributed by atoms with van der Waals surface area (Å²) < 4.78 is 4.56. The zero-order valence-electron chi connectivity index (χ0n) is 21.7. The summed E-state index contributed by atoms with van der Waals surface area (Å²) in [4.78, 5) is 13.9. The molecule has 0 saturated carbocycles. The molecule has 0 aliphatic carbocycles. The van der Waals surface area contributed by atoms with Gasteiger partial charge in [0.25, 0.3) is 0 Å². The lowest BCUT2D eigenvalue weighted by molar-refractivity contribution is -0.687. The predicted octanol–water partition coefficient (Wildman–Crippen LogP) is 7.26. The Balaban J connectivity index is 1.32. The van der Waals surface area contributed by atoms with Gasteiger partial charge in [0.2, 0.25) is 6.33 Å². The molecule has 0 radical (unpaired) electrons. The molecule has 0 N–H and O–H groups in total. The maximum Gasteiger partial charge on any atom is 0.244 e. The number of pyridine rings is 3. The van der Waals surface area contributed by atoms with Crippen LogP contribution in [0.4, 0.5) is 0 Å². The highest BCUT2D eigenvalue weighted by Gasteiger charge is 2.11. The molecule has 4 aromatic heterocycles. The van der Waals surface area contributed by atoms with Crippen LogP contribution in [0.15, 0.2) is 79.6 Å². The molecular formula is C31H40N5+. The molecule has 0 atom stereocenters. The van der Waals surface area contributed by atoms with Crippen LogP contribution < -0.4 is 4.57 Å². The molecule has 0 spiro atoms. The lowest BCUT2D eigenvalue weighted by atomic mass is 10.1. The van der Waals surface area contributed by atoms with Crippen molar-refractivity contribution in [2.45, 2.75) is 84.2 Å². The average molecular weight is 483 g/mol. The van der Waals surface area contributed by atoms with E-state index in [9.17, 15) is 0 Å². The van der Waals surface area contributed by atoms with Crippen molar-refractivity contribution in [3.8, 4) is 22.8 Å². The number of rotatable bonds is 15. The second-order valence-corrected chi connectivity index (χ2v) is 9.68. The molecule has 0 aliphatic rings. The molecule has 0 fully saturated rings. The van der Waals surface area contributed by atoms with Gasteiger partial charge in [0.1, 0.15) is 18.9 Å². The highest BCUT2D eigenvalue weighted by molar-refractivity contribution is 5.63. The van der Waals surface area contributed by atoms with Gasteiger partial charge in [-0.25, -0.2) is 14.1 Å². The Morgan fingerprint density at radius 1 is 0.694 bits per heavy atom. The van der Waals surface area contributed by atoms with E-state index < -0.39 is 0 Å². The summed E-state index contributed by atoms with van der Waals surface area (Å²) in [5, 5.41) is 0. The van der Waals surface area contributed by atoms with Crippen LogP contribution in [0.3, 0.4) is 0 Å². The third-order valence-electron chi connectivity index (χ3n) is 6.62. The van der Waals surface area contributed by atoms with E-state index in [1.165, 1.54) is 69.8 Å². The van der Waals surface area contributed by atoms with Crippen molar-refractivity contribution in [2.24, 2.45) is 0 Å². The lowest BCUT2D eigenvalue weighted by Gasteiger charge is -2.08. The summed E-state index contributed by atoms with van der Waals surface area (Å²) in [6.07, 6.45) is 23.9. The molecule has 4 rings (SSSR count). The maximum absolute atomic E-state index is 4.87. The van der Waals surface area contributed by atoms with E-state index in [1.54, 1.807) is 0 Å². The monoisotopic (exact) mass is 482 g/mol. The smallest absolute Gasteiger partial charge is 0.244 e. The minimum atomic E-state index is 0.785. The van der Waals surface area contributed by atoms with Crippen molar-refractivity contribution in [1.29, 1.82) is 0 Å². The summed E-state index contributed by atoms with van der Waals surface area (Å²) >= 11 is 0. The number of hydrogen-bond acceptors (Lipinski definition) is 3. The Morgan fingerprint density at radius 2 is 1.28 bits per heavy atom. The highest BCUT2D eigenvalue weighted by Crippen LogP contribution is 2.22. The van der Waals surface area contributed by atoms with Crippen molar-refractivity contribution in [3.05, 3.63) is 85.2 Å². The summed E-state index contributed by atoms with van der Waals surface area (Å²) in [7, 11) is 0. The first-order chi connectivity index (χ1) is 17.8. The molecule has 0 bridgehead atoms. The fourth-order valence-electron chi connectivity index (χ4n) is 4.63. The first-order valence-electron chi connectivity index (χ1n) is 13.7. The Bertz CT molecular complexity index is 1100. The van der Waals surface area contributed by atoms with E-state index in [-0.39, 0.29) is 0 Å². The van der Waals surface area contributed by atoms with Crippen LogP contribution >= 0.6 is 0 Å². The number of nitrogens with zero attached hydrogens (tertiary/aromatic N) is 5. The summed E-state index contributed by atoms with van der Waals surface area (Å²) in [5.41, 5.74) is 4.69. The van der Waals surface area contributed by atoms with Gasteiger partial charge in [-0.05, 0) is 54.8 Å². The first-order valence-corrected chi connectivity index (χ1v) is 13.7. The molecule has 36 heavy (non-hydrogen) atoms. The summed E-state index contributed by atoms with van der Waals surface area (Å²) in [6, 6.07) is 16.2. The molecule has 5 nitrogen and oxygen atoms in total. The molecular weight excluding hydrogens is 442 g/mol. The molecule has 0 aromatic carbocycles. The van der Waals surface area contributed by atoms with Crippen molar-refractivity contribution in [1.82, 2.24) is 19.5 Å². The largest absolute Gasteiger partial charge is 0.255 e. The highest BCUT2D eigenvalue weighted by atomic mass is 15.1. The van der Waals surface area contributed by atoms with Crippen LogP contribution in [0.5, 0.6) is 0 Å². The summed E-state index contributed by atoms with van der Waals surface area (Å²) in [5.74, 6) is 0. The average Bonchev–Trinajstić information content (AvgIpc) is 3.37. The predicted molar refractivity (Wildman–Crippen MR) is 146 cm³/mol. The topological polar surface area (TPSA) is 47.5 Å². The van der Waals surface area contributed by atoms with Gasteiger partial charge >= 0.3 is 0 Å². The molecule has 0 unspecified atom stereocenters. The van der Waals surface area contributed by atoms with Gasteiger partial charge in [0, 0.05) is 12.4 Å². The molecule has 4 heterocycles. The fourth-order valence-corrected chi connectivity index (χ4v) is 4.63. The van der Waals surface area contributed by atoms with Crippen LogP contribution in [0.25, 0.3) is 22.8 Å². The van der Waals surface area contributed by atoms with Crippen LogP contribution in [-0.2, 0) is 13.1 Å². The van der Waals surface area contributed by atoms with Gasteiger partial charge in [-0.3, -0.25) is 9.97 Å². The van der Waals surface area contributed by atoms with E-state index >= 15 is 0 Å². The molecule has 5 heteroatoms. The quantitative estimate of drug-likeness (QED) is 0.132. The van der Waals surface area contributed by atoms with Gasteiger partial charge in [0.15, 0.2) is 0 Å². The third kappa shape index (κ3) is 8.11. The van der Waals surface area contributed by atoms with Crippen LogP contribution in [0.2, 0.25) is 0 Å².